The molecule has 0 spiro atoms. The highest BCUT2D eigenvalue weighted by Gasteiger charge is 2.64. The molecule has 4 saturated carbocycles. The number of carbonyl (C=O) groups excluding carboxylic acids is 1. The van der Waals surface area contributed by atoms with Gasteiger partial charge in [-0.1, -0.05) is 26.0 Å². The van der Waals surface area contributed by atoms with Crippen molar-refractivity contribution >= 4 is 5.78 Å². The first-order valence-electron chi connectivity index (χ1n) is 12.1. The van der Waals surface area contributed by atoms with E-state index in [0.29, 0.717) is 35.9 Å². The van der Waals surface area contributed by atoms with Crippen LogP contribution in [0.1, 0.15) is 71.6 Å². The Bertz CT molecular complexity index is 648. The summed E-state index contributed by atoms with van der Waals surface area (Å²) in [6.45, 7) is 5.39. The first-order valence-corrected chi connectivity index (χ1v) is 12.1. The lowest BCUT2D eigenvalue weighted by Gasteiger charge is -2.63. The van der Waals surface area contributed by atoms with E-state index in [-0.39, 0.29) is 29.3 Å². The Balaban J connectivity index is 1.59. The van der Waals surface area contributed by atoms with E-state index >= 15 is 0 Å². The number of unbranched alkanes of at least 4 members (excludes halogenated alkanes) is 1. The van der Waals surface area contributed by atoms with E-state index in [9.17, 15) is 15.0 Å². The van der Waals surface area contributed by atoms with Crippen LogP contribution < -0.4 is 5.73 Å². The van der Waals surface area contributed by atoms with Gasteiger partial charge in [0.15, 0.2) is 0 Å². The molecule has 29 heavy (non-hydrogen) atoms. The van der Waals surface area contributed by atoms with Gasteiger partial charge in [0.2, 0.25) is 0 Å². The summed E-state index contributed by atoms with van der Waals surface area (Å²) in [7, 11) is 0. The standard InChI is InChI=1S/C25H41NO3/c1-24-11-9-16(6-4-3-5-13-26)14-20(24)17(15-27)23(29)22-18-7-8-21(28)25(18,2)12-10-19(22)24/h4,6,16-20,22-23,27,29H,3,5,7-15,26H2,1-2H3/b6-4-/t16-,17-,18+,19+,20?,22+,23-,24-,25+/m1/s1. The van der Waals surface area contributed by atoms with Gasteiger partial charge in [0, 0.05) is 24.4 Å². The molecule has 0 bridgehead atoms. The number of hydrogen-bond acceptors (Lipinski definition) is 4. The molecule has 4 nitrogen and oxygen atoms in total. The van der Waals surface area contributed by atoms with E-state index in [1.807, 2.05) is 0 Å². The van der Waals surface area contributed by atoms with Crippen LogP contribution in [0.15, 0.2) is 12.2 Å². The normalized spacial score (nSPS) is 49.7. The zero-order valence-corrected chi connectivity index (χ0v) is 18.4. The number of aliphatic hydroxyl groups excluding tert-OH is 2. The summed E-state index contributed by atoms with van der Waals surface area (Å²) >= 11 is 0. The molecule has 4 heteroatoms. The average Bonchev–Trinajstić information content (AvgIpc) is 3.01. The van der Waals surface area contributed by atoms with E-state index < -0.39 is 6.10 Å². The van der Waals surface area contributed by atoms with Crippen LogP contribution in [0.5, 0.6) is 0 Å². The van der Waals surface area contributed by atoms with E-state index in [1.54, 1.807) is 0 Å². The van der Waals surface area contributed by atoms with Gasteiger partial charge >= 0.3 is 0 Å². The second-order valence-corrected chi connectivity index (χ2v) is 11.1. The second kappa shape index (κ2) is 8.09. The number of fused-ring (bicyclic) bond motifs is 5. The molecule has 4 rings (SSSR count). The second-order valence-electron chi connectivity index (χ2n) is 11.1. The molecule has 0 radical (unpaired) electrons. The van der Waals surface area contributed by atoms with Gasteiger partial charge in [0.1, 0.15) is 5.78 Å². The molecular formula is C25H41NO3. The predicted octanol–water partition coefficient (Wildman–Crippen LogP) is 3.70. The van der Waals surface area contributed by atoms with Crippen molar-refractivity contribution in [2.24, 2.45) is 52.1 Å². The van der Waals surface area contributed by atoms with Gasteiger partial charge in [-0.3, -0.25) is 4.79 Å². The lowest BCUT2D eigenvalue weighted by molar-refractivity contribution is -0.198. The van der Waals surface area contributed by atoms with Crippen LogP contribution in [0, 0.1) is 46.3 Å². The smallest absolute Gasteiger partial charge is 0.139 e. The van der Waals surface area contributed by atoms with Crippen molar-refractivity contribution in [1.29, 1.82) is 0 Å². The van der Waals surface area contributed by atoms with Crippen LogP contribution in [-0.4, -0.2) is 35.3 Å². The molecular weight excluding hydrogens is 362 g/mol. The van der Waals surface area contributed by atoms with Crippen LogP contribution in [0.4, 0.5) is 0 Å². The topological polar surface area (TPSA) is 83.6 Å². The number of aliphatic hydroxyl groups is 2. The number of carbonyl (C=O) groups is 1. The van der Waals surface area contributed by atoms with Crippen LogP contribution in [0.3, 0.4) is 0 Å². The molecule has 0 aliphatic heterocycles. The molecule has 0 aromatic rings. The van der Waals surface area contributed by atoms with Gasteiger partial charge in [-0.15, -0.1) is 0 Å². The fourth-order valence-corrected chi connectivity index (χ4v) is 8.19. The monoisotopic (exact) mass is 403 g/mol. The minimum absolute atomic E-state index is 0.0560. The maximum Gasteiger partial charge on any atom is 0.139 e. The molecule has 1 unspecified atom stereocenters. The molecule has 4 fully saturated rings. The van der Waals surface area contributed by atoms with Crippen LogP contribution >= 0.6 is 0 Å². The van der Waals surface area contributed by atoms with Gasteiger partial charge in [0.25, 0.3) is 0 Å². The zero-order valence-electron chi connectivity index (χ0n) is 18.4. The van der Waals surface area contributed by atoms with Crippen molar-refractivity contribution in [3.8, 4) is 0 Å². The van der Waals surface area contributed by atoms with Crippen molar-refractivity contribution in [3.05, 3.63) is 12.2 Å². The fourth-order valence-electron chi connectivity index (χ4n) is 8.19. The van der Waals surface area contributed by atoms with Crippen LogP contribution in [0.25, 0.3) is 0 Å². The first kappa shape index (κ1) is 21.5. The third kappa shape index (κ3) is 3.34. The highest BCUT2D eigenvalue weighted by molar-refractivity contribution is 5.87. The number of ketones is 1. The largest absolute Gasteiger partial charge is 0.396 e. The van der Waals surface area contributed by atoms with Gasteiger partial charge < -0.3 is 15.9 Å². The number of allylic oxidation sites excluding steroid dienone is 2. The van der Waals surface area contributed by atoms with Crippen LogP contribution in [0.2, 0.25) is 0 Å². The zero-order chi connectivity index (χ0) is 20.8. The molecule has 9 atom stereocenters. The minimum atomic E-state index is -0.474. The maximum absolute atomic E-state index is 12.7. The Morgan fingerprint density at radius 3 is 2.66 bits per heavy atom. The highest BCUT2D eigenvalue weighted by Crippen LogP contribution is 2.67. The number of Topliss-reactive ketones (excluding diaryl/α,β-unsaturated/α-hetero) is 1. The van der Waals surface area contributed by atoms with Gasteiger partial charge in [0.05, 0.1) is 6.10 Å². The summed E-state index contributed by atoms with van der Waals surface area (Å²) in [5.74, 6) is 2.22. The average molecular weight is 404 g/mol. The van der Waals surface area contributed by atoms with Gasteiger partial charge in [-0.2, -0.15) is 0 Å². The summed E-state index contributed by atoms with van der Waals surface area (Å²) < 4.78 is 0. The number of hydrogen-bond donors (Lipinski definition) is 3. The van der Waals surface area contributed by atoms with Crippen molar-refractivity contribution < 1.29 is 15.0 Å². The third-order valence-electron chi connectivity index (χ3n) is 9.89. The van der Waals surface area contributed by atoms with Crippen LogP contribution in [-0.2, 0) is 4.79 Å². The summed E-state index contributed by atoms with van der Waals surface area (Å²) in [6.07, 6.45) is 13.3. The van der Waals surface area contributed by atoms with Crippen molar-refractivity contribution in [1.82, 2.24) is 0 Å². The number of rotatable bonds is 5. The SMILES string of the molecule is C[C@]12CC[C@@H](/C=C\CCCN)CC1[C@@H](CO)[C@@H](O)[C@@H]1[C@@H]2CC[C@]2(C)C(=O)CC[C@@H]12. The van der Waals surface area contributed by atoms with E-state index in [4.69, 9.17) is 5.73 Å². The van der Waals surface area contributed by atoms with E-state index in [1.165, 1.54) is 12.8 Å². The maximum atomic E-state index is 12.7. The van der Waals surface area contributed by atoms with Gasteiger partial charge in [-0.25, -0.2) is 0 Å². The van der Waals surface area contributed by atoms with Gasteiger partial charge in [-0.05, 0) is 92.9 Å². The summed E-state index contributed by atoms with van der Waals surface area (Å²) in [5.41, 5.74) is 5.54. The van der Waals surface area contributed by atoms with Crippen molar-refractivity contribution in [3.63, 3.8) is 0 Å². The fraction of sp³-hybridized carbons (Fsp3) is 0.880. The molecule has 0 heterocycles. The molecule has 4 aliphatic rings. The first-order chi connectivity index (χ1) is 13.9. The quantitative estimate of drug-likeness (QED) is 0.483. The highest BCUT2D eigenvalue weighted by atomic mass is 16.3. The Labute approximate surface area is 176 Å². The Morgan fingerprint density at radius 1 is 1.14 bits per heavy atom. The molecule has 0 amide bonds. The molecule has 0 aromatic heterocycles. The summed E-state index contributed by atoms with van der Waals surface area (Å²) in [6, 6.07) is 0. The van der Waals surface area contributed by atoms with Crippen molar-refractivity contribution in [2.75, 3.05) is 13.2 Å². The van der Waals surface area contributed by atoms with Crippen molar-refractivity contribution in [2.45, 2.75) is 77.7 Å². The Hall–Kier alpha value is -0.710. The summed E-state index contributed by atoms with van der Waals surface area (Å²) in [5, 5.41) is 21.8. The minimum Gasteiger partial charge on any atom is -0.396 e. The molecule has 164 valence electrons. The number of nitrogens with two attached hydrogens (primary N) is 1. The van der Waals surface area contributed by atoms with E-state index in [2.05, 4.69) is 26.0 Å². The Kier molecular flexibility index (Phi) is 6.00. The third-order valence-corrected chi connectivity index (χ3v) is 9.89. The molecule has 0 aromatic carbocycles. The molecule has 4 aliphatic carbocycles. The molecule has 0 saturated heterocycles. The lowest BCUT2D eigenvalue weighted by Crippen LogP contribution is -2.62. The summed E-state index contributed by atoms with van der Waals surface area (Å²) in [4.78, 5) is 12.7. The molecule has 4 N–H and O–H groups in total. The lowest BCUT2D eigenvalue weighted by atomic mass is 9.42. The Morgan fingerprint density at radius 2 is 1.93 bits per heavy atom. The predicted molar refractivity (Wildman–Crippen MR) is 115 cm³/mol. The van der Waals surface area contributed by atoms with E-state index in [0.717, 1.165) is 45.1 Å².